The number of hydrogen-bond donors (Lipinski definition) is 2. The van der Waals surface area contributed by atoms with E-state index in [1.54, 1.807) is 25.1 Å². The average Bonchev–Trinajstić information content (AvgIpc) is 2.29. The fraction of sp³-hybridized carbons (Fsp3) is 0.417. The van der Waals surface area contributed by atoms with Crippen LogP contribution < -0.4 is 4.74 Å². The van der Waals surface area contributed by atoms with Crippen molar-refractivity contribution < 1.29 is 14.6 Å². The Kier molecular flexibility index (Phi) is 4.79. The van der Waals surface area contributed by atoms with E-state index in [9.17, 15) is 5.11 Å². The highest BCUT2D eigenvalue weighted by Gasteiger charge is 2.18. The zero-order chi connectivity index (χ0) is 12.0. The molecule has 0 amide bonds. The van der Waals surface area contributed by atoms with Crippen molar-refractivity contribution in [1.29, 1.82) is 5.41 Å². The van der Waals surface area contributed by atoms with E-state index in [1.165, 1.54) is 0 Å². The van der Waals surface area contributed by atoms with Crippen LogP contribution in [0.25, 0.3) is 0 Å². The molecule has 0 spiro atoms. The third-order valence-electron chi connectivity index (χ3n) is 2.06. The van der Waals surface area contributed by atoms with Crippen LogP contribution in [0.1, 0.15) is 25.5 Å². The normalized spacial score (nSPS) is 11.9. The van der Waals surface area contributed by atoms with E-state index in [0.717, 1.165) is 0 Å². The lowest BCUT2D eigenvalue weighted by Gasteiger charge is -2.16. The van der Waals surface area contributed by atoms with Crippen LogP contribution in [0, 0.1) is 5.41 Å². The van der Waals surface area contributed by atoms with Crippen molar-refractivity contribution in [2.24, 2.45) is 0 Å². The molecular formula is C12H17NO3. The summed E-state index contributed by atoms with van der Waals surface area (Å²) in [6.07, 6.45) is -1.07. The van der Waals surface area contributed by atoms with Crippen molar-refractivity contribution in [2.45, 2.75) is 20.0 Å². The van der Waals surface area contributed by atoms with Gasteiger partial charge in [0.2, 0.25) is 5.90 Å². The first-order chi connectivity index (χ1) is 7.70. The lowest BCUT2D eigenvalue weighted by atomic mass is 10.1. The molecular weight excluding hydrogens is 206 g/mol. The molecule has 0 unspecified atom stereocenters. The molecule has 0 saturated carbocycles. The number of benzene rings is 1. The second-order valence-electron chi connectivity index (χ2n) is 3.17. The maximum absolute atomic E-state index is 9.90. The van der Waals surface area contributed by atoms with Crippen molar-refractivity contribution in [3.05, 3.63) is 29.8 Å². The summed E-state index contributed by atoms with van der Waals surface area (Å²) in [4.78, 5) is 0. The van der Waals surface area contributed by atoms with Gasteiger partial charge in [-0.15, -0.1) is 0 Å². The molecule has 0 saturated heterocycles. The minimum Gasteiger partial charge on any atom is -0.493 e. The molecule has 0 fully saturated rings. The number of hydrogen-bond acceptors (Lipinski definition) is 4. The average molecular weight is 223 g/mol. The molecule has 0 radical (unpaired) electrons. The molecule has 4 nitrogen and oxygen atoms in total. The van der Waals surface area contributed by atoms with Crippen molar-refractivity contribution in [3.63, 3.8) is 0 Å². The van der Waals surface area contributed by atoms with Gasteiger partial charge in [-0.1, -0.05) is 18.2 Å². The molecule has 0 heterocycles. The van der Waals surface area contributed by atoms with Gasteiger partial charge in [0.25, 0.3) is 0 Å². The Morgan fingerprint density at radius 1 is 1.31 bits per heavy atom. The number of ether oxygens (including phenoxy) is 2. The summed E-state index contributed by atoms with van der Waals surface area (Å²) in [6.45, 7) is 4.53. The van der Waals surface area contributed by atoms with Crippen LogP contribution in [-0.2, 0) is 4.74 Å². The van der Waals surface area contributed by atoms with Gasteiger partial charge >= 0.3 is 0 Å². The summed E-state index contributed by atoms with van der Waals surface area (Å²) >= 11 is 0. The first kappa shape index (κ1) is 12.5. The topological polar surface area (TPSA) is 62.5 Å². The van der Waals surface area contributed by atoms with Crippen LogP contribution in [-0.4, -0.2) is 24.2 Å². The number of rotatable bonds is 5. The molecule has 1 rings (SSSR count). The van der Waals surface area contributed by atoms with Crippen LogP contribution in [0.2, 0.25) is 0 Å². The number of aliphatic hydroxyl groups is 1. The zero-order valence-corrected chi connectivity index (χ0v) is 9.56. The van der Waals surface area contributed by atoms with Gasteiger partial charge in [-0.2, -0.15) is 0 Å². The van der Waals surface area contributed by atoms with Gasteiger partial charge in [0.1, 0.15) is 5.75 Å². The molecule has 88 valence electrons. The zero-order valence-electron chi connectivity index (χ0n) is 9.56. The summed E-state index contributed by atoms with van der Waals surface area (Å²) < 4.78 is 10.3. The molecule has 0 aliphatic rings. The van der Waals surface area contributed by atoms with Crippen molar-refractivity contribution in [1.82, 2.24) is 0 Å². The molecule has 1 aromatic carbocycles. The largest absolute Gasteiger partial charge is 0.493 e. The van der Waals surface area contributed by atoms with Crippen molar-refractivity contribution >= 4 is 5.90 Å². The SMILES string of the molecule is CCOC(=N)[C@@H](O)c1ccccc1OCC. The van der Waals surface area contributed by atoms with Crippen LogP contribution >= 0.6 is 0 Å². The number of para-hydroxylation sites is 1. The monoisotopic (exact) mass is 223 g/mol. The van der Waals surface area contributed by atoms with Crippen molar-refractivity contribution in [3.8, 4) is 5.75 Å². The molecule has 2 N–H and O–H groups in total. The molecule has 0 aliphatic heterocycles. The third kappa shape index (κ3) is 2.97. The Bertz CT molecular complexity index is 352. The predicted molar refractivity (Wildman–Crippen MR) is 61.9 cm³/mol. The summed E-state index contributed by atoms with van der Waals surface area (Å²) in [5, 5.41) is 17.4. The van der Waals surface area contributed by atoms with Gasteiger partial charge in [0.15, 0.2) is 6.10 Å². The number of nitrogens with one attached hydrogen (secondary N) is 1. The first-order valence-electron chi connectivity index (χ1n) is 5.31. The molecule has 0 aliphatic carbocycles. The fourth-order valence-electron chi connectivity index (χ4n) is 1.37. The lowest BCUT2D eigenvalue weighted by molar-refractivity contribution is 0.185. The quantitative estimate of drug-likeness (QED) is 0.593. The Morgan fingerprint density at radius 3 is 2.62 bits per heavy atom. The van der Waals surface area contributed by atoms with Gasteiger partial charge < -0.3 is 14.6 Å². The lowest BCUT2D eigenvalue weighted by Crippen LogP contribution is -2.15. The minimum atomic E-state index is -1.07. The summed E-state index contributed by atoms with van der Waals surface area (Å²) in [6, 6.07) is 7.11. The van der Waals surface area contributed by atoms with E-state index in [4.69, 9.17) is 14.9 Å². The van der Waals surface area contributed by atoms with Gasteiger partial charge in [-0.3, -0.25) is 5.41 Å². The highest BCUT2D eigenvalue weighted by molar-refractivity contribution is 5.79. The highest BCUT2D eigenvalue weighted by Crippen LogP contribution is 2.25. The molecule has 4 heteroatoms. The summed E-state index contributed by atoms with van der Waals surface area (Å²) in [5.41, 5.74) is 0.558. The van der Waals surface area contributed by atoms with Crippen LogP contribution in [0.4, 0.5) is 0 Å². The molecule has 1 atom stereocenters. The standard InChI is InChI=1S/C12H17NO3/c1-3-15-10-8-6-5-7-9(10)11(14)12(13)16-4-2/h5-8,11,13-14H,3-4H2,1-2H3/t11-/m0/s1. The Hall–Kier alpha value is -1.55. The second kappa shape index (κ2) is 6.12. The second-order valence-corrected chi connectivity index (χ2v) is 3.17. The van der Waals surface area contributed by atoms with Gasteiger partial charge in [0.05, 0.1) is 13.2 Å². The maximum atomic E-state index is 9.90. The highest BCUT2D eigenvalue weighted by atomic mass is 16.5. The van der Waals surface area contributed by atoms with E-state index in [2.05, 4.69) is 0 Å². The molecule has 0 bridgehead atoms. The number of aliphatic hydroxyl groups excluding tert-OH is 1. The van der Waals surface area contributed by atoms with Gasteiger partial charge in [-0.05, 0) is 19.9 Å². The molecule has 1 aromatic rings. The predicted octanol–water partition coefficient (Wildman–Crippen LogP) is 2.13. The summed E-state index contributed by atoms with van der Waals surface area (Å²) in [7, 11) is 0. The first-order valence-corrected chi connectivity index (χ1v) is 5.31. The smallest absolute Gasteiger partial charge is 0.215 e. The Morgan fingerprint density at radius 2 is 2.00 bits per heavy atom. The van der Waals surface area contributed by atoms with E-state index >= 15 is 0 Å². The third-order valence-corrected chi connectivity index (χ3v) is 2.06. The molecule has 16 heavy (non-hydrogen) atoms. The van der Waals surface area contributed by atoms with E-state index in [0.29, 0.717) is 24.5 Å². The van der Waals surface area contributed by atoms with E-state index in [-0.39, 0.29) is 5.90 Å². The van der Waals surface area contributed by atoms with Crippen LogP contribution in [0.3, 0.4) is 0 Å². The van der Waals surface area contributed by atoms with E-state index in [1.807, 2.05) is 13.0 Å². The Labute approximate surface area is 95.3 Å². The molecule has 0 aromatic heterocycles. The van der Waals surface area contributed by atoms with Crippen LogP contribution in [0.5, 0.6) is 5.75 Å². The maximum Gasteiger partial charge on any atom is 0.215 e. The van der Waals surface area contributed by atoms with Crippen LogP contribution in [0.15, 0.2) is 24.3 Å². The summed E-state index contributed by atoms with van der Waals surface area (Å²) in [5.74, 6) is 0.427. The van der Waals surface area contributed by atoms with Gasteiger partial charge in [0, 0.05) is 5.56 Å². The minimum absolute atomic E-state index is 0.158. The van der Waals surface area contributed by atoms with Gasteiger partial charge in [-0.25, -0.2) is 0 Å². The van der Waals surface area contributed by atoms with Crippen molar-refractivity contribution in [2.75, 3.05) is 13.2 Å². The van der Waals surface area contributed by atoms with E-state index < -0.39 is 6.10 Å². The fourth-order valence-corrected chi connectivity index (χ4v) is 1.37. The Balaban J connectivity index is 2.89.